The van der Waals surface area contributed by atoms with Crippen LogP contribution in [-0.2, 0) is 9.53 Å². The maximum atomic E-state index is 12.3. The monoisotopic (exact) mass is 348 g/mol. The molecule has 1 amide bonds. The van der Waals surface area contributed by atoms with E-state index in [4.69, 9.17) is 14.2 Å². The normalized spacial score (nSPS) is 15.3. The third-order valence-corrected chi connectivity index (χ3v) is 4.18. The van der Waals surface area contributed by atoms with E-state index in [1.54, 1.807) is 19.1 Å². The van der Waals surface area contributed by atoms with Gasteiger partial charge in [0, 0.05) is 33.2 Å². The number of rotatable bonds is 8. The first kappa shape index (κ1) is 19.3. The first-order chi connectivity index (χ1) is 12.1. The van der Waals surface area contributed by atoms with Gasteiger partial charge in [0.1, 0.15) is 0 Å². The first-order valence-electron chi connectivity index (χ1n) is 8.61. The van der Waals surface area contributed by atoms with Crippen molar-refractivity contribution in [2.45, 2.75) is 6.92 Å². The molecule has 0 radical (unpaired) electrons. The Balaban J connectivity index is 1.81. The summed E-state index contributed by atoms with van der Waals surface area (Å²) < 4.78 is 16.3. The van der Waals surface area contributed by atoms with Gasteiger partial charge in [0.2, 0.25) is 0 Å². The fourth-order valence-electron chi connectivity index (χ4n) is 2.59. The summed E-state index contributed by atoms with van der Waals surface area (Å²) in [5, 5.41) is 0. The Morgan fingerprint density at radius 3 is 2.76 bits per heavy atom. The molecule has 1 aromatic carbocycles. The Labute approximate surface area is 150 Å². The van der Waals surface area contributed by atoms with Crippen molar-refractivity contribution in [1.82, 2.24) is 9.80 Å². The third-order valence-electron chi connectivity index (χ3n) is 4.18. The van der Waals surface area contributed by atoms with Gasteiger partial charge >= 0.3 is 0 Å². The summed E-state index contributed by atoms with van der Waals surface area (Å²) in [5.41, 5.74) is 1.03. The molecule has 1 fully saturated rings. The van der Waals surface area contributed by atoms with Crippen LogP contribution >= 0.6 is 0 Å². The number of hydrogen-bond acceptors (Lipinski definition) is 5. The van der Waals surface area contributed by atoms with Crippen LogP contribution in [-0.4, -0.2) is 75.9 Å². The second kappa shape index (κ2) is 10.1. The Morgan fingerprint density at radius 1 is 1.32 bits per heavy atom. The standard InChI is InChI=1S/C19H28N2O4/c1-4-5-16-6-7-17(18(14-16)23-3)25-15-19(22)20(2)8-9-21-10-12-24-13-11-21/h4-7,14H,8-13,15H2,1-3H3/b5-4+. The van der Waals surface area contributed by atoms with E-state index in [1.807, 2.05) is 37.3 Å². The Hall–Kier alpha value is -2.05. The summed E-state index contributed by atoms with van der Waals surface area (Å²) in [6.07, 6.45) is 3.94. The zero-order valence-corrected chi connectivity index (χ0v) is 15.4. The molecule has 138 valence electrons. The van der Waals surface area contributed by atoms with Crippen LogP contribution in [0.25, 0.3) is 6.08 Å². The van der Waals surface area contributed by atoms with Crippen molar-refractivity contribution in [3.63, 3.8) is 0 Å². The van der Waals surface area contributed by atoms with Crippen LogP contribution in [0.4, 0.5) is 0 Å². The number of hydrogen-bond donors (Lipinski definition) is 0. The second-order valence-corrected chi connectivity index (χ2v) is 5.97. The SMILES string of the molecule is C/C=C/c1ccc(OCC(=O)N(C)CCN2CCOCC2)c(OC)c1. The summed E-state index contributed by atoms with van der Waals surface area (Å²) >= 11 is 0. The second-order valence-electron chi connectivity index (χ2n) is 5.97. The highest BCUT2D eigenvalue weighted by Crippen LogP contribution is 2.28. The van der Waals surface area contributed by atoms with Crippen molar-refractivity contribution in [1.29, 1.82) is 0 Å². The summed E-state index contributed by atoms with van der Waals surface area (Å²) in [6, 6.07) is 5.65. The zero-order valence-electron chi connectivity index (χ0n) is 15.4. The molecule has 25 heavy (non-hydrogen) atoms. The maximum Gasteiger partial charge on any atom is 0.260 e. The highest BCUT2D eigenvalue weighted by atomic mass is 16.5. The summed E-state index contributed by atoms with van der Waals surface area (Å²) in [7, 11) is 3.40. The molecule has 1 aromatic rings. The lowest BCUT2D eigenvalue weighted by Gasteiger charge is -2.28. The fraction of sp³-hybridized carbons (Fsp3) is 0.526. The summed E-state index contributed by atoms with van der Waals surface area (Å²) in [5.74, 6) is 1.15. The lowest BCUT2D eigenvalue weighted by atomic mass is 10.2. The van der Waals surface area contributed by atoms with E-state index in [0.29, 0.717) is 18.0 Å². The van der Waals surface area contributed by atoms with Crippen LogP contribution in [0.5, 0.6) is 11.5 Å². The van der Waals surface area contributed by atoms with Crippen molar-refractivity contribution in [3.8, 4) is 11.5 Å². The summed E-state index contributed by atoms with van der Waals surface area (Å²) in [6.45, 7) is 6.88. The highest BCUT2D eigenvalue weighted by molar-refractivity contribution is 5.77. The van der Waals surface area contributed by atoms with Gasteiger partial charge in [-0.05, 0) is 24.6 Å². The number of likely N-dealkylation sites (N-methyl/N-ethyl adjacent to an activating group) is 1. The van der Waals surface area contributed by atoms with E-state index in [0.717, 1.165) is 38.4 Å². The van der Waals surface area contributed by atoms with E-state index in [-0.39, 0.29) is 12.5 Å². The third kappa shape index (κ3) is 6.07. The number of morpholine rings is 1. The van der Waals surface area contributed by atoms with Crippen LogP contribution in [0, 0.1) is 0 Å². The minimum Gasteiger partial charge on any atom is -0.493 e. The number of ether oxygens (including phenoxy) is 3. The molecule has 2 rings (SSSR count). The smallest absolute Gasteiger partial charge is 0.260 e. The number of benzene rings is 1. The fourth-order valence-corrected chi connectivity index (χ4v) is 2.59. The number of allylic oxidation sites excluding steroid dienone is 1. The molecule has 0 saturated carbocycles. The van der Waals surface area contributed by atoms with Crippen LogP contribution in [0.1, 0.15) is 12.5 Å². The van der Waals surface area contributed by atoms with Crippen LogP contribution in [0.3, 0.4) is 0 Å². The molecule has 0 spiro atoms. The van der Waals surface area contributed by atoms with Gasteiger partial charge < -0.3 is 19.1 Å². The van der Waals surface area contributed by atoms with E-state index in [1.165, 1.54) is 0 Å². The molecule has 0 aliphatic carbocycles. The molecule has 1 aliphatic heterocycles. The number of nitrogens with zero attached hydrogens (tertiary/aromatic N) is 2. The number of carbonyl (C=O) groups excluding carboxylic acids is 1. The molecular formula is C19H28N2O4. The van der Waals surface area contributed by atoms with Crippen molar-refractivity contribution in [2.75, 3.05) is 60.2 Å². The lowest BCUT2D eigenvalue weighted by Crippen LogP contribution is -2.42. The lowest BCUT2D eigenvalue weighted by molar-refractivity contribution is -0.132. The zero-order chi connectivity index (χ0) is 18.1. The van der Waals surface area contributed by atoms with Gasteiger partial charge in [-0.3, -0.25) is 9.69 Å². The minimum absolute atomic E-state index is 0.00106. The number of amides is 1. The Bertz CT molecular complexity index is 583. The van der Waals surface area contributed by atoms with Gasteiger partial charge in [0.15, 0.2) is 18.1 Å². The number of methoxy groups -OCH3 is 1. The van der Waals surface area contributed by atoms with Crippen molar-refractivity contribution < 1.29 is 19.0 Å². The molecule has 0 bridgehead atoms. The van der Waals surface area contributed by atoms with Gasteiger partial charge in [-0.25, -0.2) is 0 Å². The van der Waals surface area contributed by atoms with E-state index >= 15 is 0 Å². The van der Waals surface area contributed by atoms with Gasteiger partial charge in [0.25, 0.3) is 5.91 Å². The molecule has 6 heteroatoms. The van der Waals surface area contributed by atoms with E-state index < -0.39 is 0 Å². The average Bonchev–Trinajstić information content (AvgIpc) is 2.65. The highest BCUT2D eigenvalue weighted by Gasteiger charge is 2.15. The van der Waals surface area contributed by atoms with E-state index in [2.05, 4.69) is 4.90 Å². The topological polar surface area (TPSA) is 51.2 Å². The predicted molar refractivity (Wildman–Crippen MR) is 98.1 cm³/mol. The van der Waals surface area contributed by atoms with Gasteiger partial charge in [0.05, 0.1) is 20.3 Å². The quantitative estimate of drug-likeness (QED) is 0.718. The first-order valence-corrected chi connectivity index (χ1v) is 8.61. The number of carbonyl (C=O) groups is 1. The minimum atomic E-state index is -0.0483. The van der Waals surface area contributed by atoms with Crippen LogP contribution < -0.4 is 9.47 Å². The molecular weight excluding hydrogens is 320 g/mol. The van der Waals surface area contributed by atoms with Crippen molar-refractivity contribution in [2.24, 2.45) is 0 Å². The van der Waals surface area contributed by atoms with Crippen molar-refractivity contribution >= 4 is 12.0 Å². The molecule has 0 N–H and O–H groups in total. The molecule has 0 unspecified atom stereocenters. The average molecular weight is 348 g/mol. The molecule has 0 aromatic heterocycles. The van der Waals surface area contributed by atoms with E-state index in [9.17, 15) is 4.79 Å². The van der Waals surface area contributed by atoms with Crippen LogP contribution in [0.2, 0.25) is 0 Å². The largest absolute Gasteiger partial charge is 0.493 e. The summed E-state index contributed by atoms with van der Waals surface area (Å²) in [4.78, 5) is 16.3. The molecule has 1 heterocycles. The predicted octanol–water partition coefficient (Wildman–Crippen LogP) is 1.90. The Kier molecular flexibility index (Phi) is 7.76. The van der Waals surface area contributed by atoms with Gasteiger partial charge in [-0.1, -0.05) is 18.2 Å². The van der Waals surface area contributed by atoms with Crippen LogP contribution in [0.15, 0.2) is 24.3 Å². The Morgan fingerprint density at radius 2 is 2.08 bits per heavy atom. The molecule has 1 aliphatic rings. The van der Waals surface area contributed by atoms with Gasteiger partial charge in [-0.2, -0.15) is 0 Å². The van der Waals surface area contributed by atoms with Crippen molar-refractivity contribution in [3.05, 3.63) is 29.8 Å². The van der Waals surface area contributed by atoms with Gasteiger partial charge in [-0.15, -0.1) is 0 Å². The maximum absolute atomic E-state index is 12.3. The molecule has 1 saturated heterocycles. The molecule has 6 nitrogen and oxygen atoms in total. The molecule has 0 atom stereocenters.